The predicted molar refractivity (Wildman–Crippen MR) is 132 cm³/mol. The second kappa shape index (κ2) is 10.2. The molecular formula is C24H21ClFN3O3S2. The number of nitrogens with zero attached hydrogens (tertiary/aromatic N) is 3. The zero-order chi connectivity index (χ0) is 24.3. The molecule has 0 aliphatic heterocycles. The molecule has 0 N–H and O–H groups in total. The number of fused-ring (bicyclic) bond motifs is 1. The number of aryl methyl sites for hydroxylation is 1. The fourth-order valence-electron chi connectivity index (χ4n) is 3.48. The van der Waals surface area contributed by atoms with Gasteiger partial charge in [-0.2, -0.15) is 0 Å². The van der Waals surface area contributed by atoms with Crippen molar-refractivity contribution in [3.8, 4) is 0 Å². The van der Waals surface area contributed by atoms with Crippen LogP contribution in [0.25, 0.3) is 10.2 Å². The van der Waals surface area contributed by atoms with Crippen molar-refractivity contribution in [2.24, 2.45) is 0 Å². The van der Waals surface area contributed by atoms with E-state index in [0.717, 1.165) is 27.9 Å². The number of benzene rings is 2. The number of aromatic nitrogens is 2. The van der Waals surface area contributed by atoms with Gasteiger partial charge < -0.3 is 0 Å². The van der Waals surface area contributed by atoms with Gasteiger partial charge in [-0.1, -0.05) is 29.0 Å². The summed E-state index contributed by atoms with van der Waals surface area (Å²) in [6.07, 6.45) is 1.77. The number of rotatable bonds is 8. The van der Waals surface area contributed by atoms with Gasteiger partial charge in [0.05, 0.1) is 33.1 Å². The molecule has 0 saturated heterocycles. The van der Waals surface area contributed by atoms with Gasteiger partial charge in [0.25, 0.3) is 0 Å². The summed E-state index contributed by atoms with van der Waals surface area (Å²) in [7, 11) is -3.63. The van der Waals surface area contributed by atoms with E-state index < -0.39 is 15.7 Å². The number of sulfone groups is 1. The minimum atomic E-state index is -3.63. The Morgan fingerprint density at radius 1 is 1.15 bits per heavy atom. The molecule has 4 rings (SSSR count). The third-order valence-electron chi connectivity index (χ3n) is 5.19. The Bertz CT molecular complexity index is 1430. The molecule has 6 nitrogen and oxygen atoms in total. The fraction of sp³-hybridized carbons (Fsp3) is 0.208. The van der Waals surface area contributed by atoms with Crippen molar-refractivity contribution < 1.29 is 17.6 Å². The van der Waals surface area contributed by atoms with Crippen LogP contribution < -0.4 is 4.90 Å². The third-order valence-corrected chi connectivity index (χ3v) is 8.25. The average Bonchev–Trinajstić information content (AvgIpc) is 3.22. The highest BCUT2D eigenvalue weighted by Gasteiger charge is 2.23. The van der Waals surface area contributed by atoms with Gasteiger partial charge in [-0.15, -0.1) is 0 Å². The van der Waals surface area contributed by atoms with Crippen LogP contribution in [0.5, 0.6) is 0 Å². The van der Waals surface area contributed by atoms with Crippen LogP contribution in [0.3, 0.4) is 0 Å². The molecule has 2 aromatic heterocycles. The van der Waals surface area contributed by atoms with Gasteiger partial charge in [-0.05, 0) is 67.4 Å². The third kappa shape index (κ3) is 5.60. The molecule has 4 aromatic rings. The molecule has 2 aromatic carbocycles. The molecule has 0 saturated carbocycles. The zero-order valence-electron chi connectivity index (χ0n) is 18.2. The first-order chi connectivity index (χ1) is 16.2. The Kier molecular flexibility index (Phi) is 7.25. The van der Waals surface area contributed by atoms with Gasteiger partial charge in [0, 0.05) is 17.6 Å². The first kappa shape index (κ1) is 24.3. The van der Waals surface area contributed by atoms with Crippen LogP contribution in [0.4, 0.5) is 9.52 Å². The molecule has 0 atom stereocenters. The Hall–Kier alpha value is -2.88. The number of hydrogen-bond donors (Lipinski definition) is 0. The van der Waals surface area contributed by atoms with Crippen molar-refractivity contribution in [1.82, 2.24) is 9.97 Å². The summed E-state index contributed by atoms with van der Waals surface area (Å²) in [5.41, 5.74) is 2.35. The van der Waals surface area contributed by atoms with Gasteiger partial charge in [-0.3, -0.25) is 14.7 Å². The molecule has 0 spiro atoms. The molecule has 10 heteroatoms. The molecule has 0 unspecified atom stereocenters. The van der Waals surface area contributed by atoms with Crippen LogP contribution in [0.2, 0.25) is 5.02 Å². The predicted octanol–water partition coefficient (Wildman–Crippen LogP) is 5.58. The van der Waals surface area contributed by atoms with Gasteiger partial charge in [-0.25, -0.2) is 17.8 Å². The maximum absolute atomic E-state index is 13.2. The number of hydrogen-bond acceptors (Lipinski definition) is 6. The Labute approximate surface area is 206 Å². The van der Waals surface area contributed by atoms with Crippen LogP contribution in [0.15, 0.2) is 65.7 Å². The van der Waals surface area contributed by atoms with E-state index in [-0.39, 0.29) is 35.9 Å². The molecule has 0 aliphatic carbocycles. The van der Waals surface area contributed by atoms with Crippen molar-refractivity contribution in [3.63, 3.8) is 0 Å². The van der Waals surface area contributed by atoms with E-state index in [0.29, 0.717) is 15.8 Å². The molecule has 176 valence electrons. The molecule has 0 fully saturated rings. The fourth-order valence-corrected chi connectivity index (χ4v) is 6.23. The highest BCUT2D eigenvalue weighted by Crippen LogP contribution is 2.34. The van der Waals surface area contributed by atoms with Crippen molar-refractivity contribution in [1.29, 1.82) is 0 Å². The first-order valence-electron chi connectivity index (χ1n) is 10.5. The SMILES string of the molecule is Cc1cc(Cl)cc2sc(N(Cc3ccccn3)C(=O)CCCS(=O)(=O)c3ccc(F)cc3)nc12. The summed E-state index contributed by atoms with van der Waals surface area (Å²) in [5.74, 6) is -0.995. The molecule has 2 heterocycles. The van der Waals surface area contributed by atoms with Crippen molar-refractivity contribution in [3.05, 3.63) is 82.9 Å². The molecule has 1 amide bonds. The van der Waals surface area contributed by atoms with Gasteiger partial charge in [0.1, 0.15) is 5.82 Å². The average molecular weight is 518 g/mol. The standard InChI is InChI=1S/C24H21ClFN3O3S2/c1-16-13-17(25)14-21-23(16)28-24(33-21)29(15-19-5-2-3-11-27-19)22(30)6-4-12-34(31,32)20-9-7-18(26)8-10-20/h2-3,5,7-11,13-14H,4,6,12,15H2,1H3. The van der Waals surface area contributed by atoms with Crippen LogP contribution in [0, 0.1) is 12.7 Å². The molecule has 0 radical (unpaired) electrons. The van der Waals surface area contributed by atoms with Crippen molar-refractivity contribution in [2.45, 2.75) is 31.2 Å². The highest BCUT2D eigenvalue weighted by molar-refractivity contribution is 7.91. The maximum Gasteiger partial charge on any atom is 0.229 e. The quantitative estimate of drug-likeness (QED) is 0.285. The van der Waals surface area contributed by atoms with E-state index in [1.54, 1.807) is 12.3 Å². The summed E-state index contributed by atoms with van der Waals surface area (Å²) in [5, 5.41) is 1.09. The Morgan fingerprint density at radius 3 is 2.62 bits per heavy atom. The molecular weight excluding hydrogens is 497 g/mol. The number of thiazole rings is 1. The number of halogens is 2. The largest absolute Gasteiger partial charge is 0.282 e. The number of pyridine rings is 1. The minimum Gasteiger partial charge on any atom is -0.282 e. The van der Waals surface area contributed by atoms with E-state index in [4.69, 9.17) is 11.6 Å². The molecule has 34 heavy (non-hydrogen) atoms. The highest BCUT2D eigenvalue weighted by atomic mass is 35.5. The van der Waals surface area contributed by atoms with E-state index in [2.05, 4.69) is 9.97 Å². The van der Waals surface area contributed by atoms with Crippen LogP contribution >= 0.6 is 22.9 Å². The van der Waals surface area contributed by atoms with Gasteiger partial charge in [0.15, 0.2) is 15.0 Å². The smallest absolute Gasteiger partial charge is 0.229 e. The maximum atomic E-state index is 13.2. The van der Waals surface area contributed by atoms with Crippen LogP contribution in [0.1, 0.15) is 24.1 Å². The second-order valence-corrected chi connectivity index (χ2v) is 11.3. The second-order valence-electron chi connectivity index (χ2n) is 7.74. The molecule has 0 bridgehead atoms. The van der Waals surface area contributed by atoms with E-state index in [1.807, 2.05) is 31.2 Å². The Balaban J connectivity index is 1.55. The minimum absolute atomic E-state index is 0.00290. The summed E-state index contributed by atoms with van der Waals surface area (Å²) < 4.78 is 39.1. The zero-order valence-corrected chi connectivity index (χ0v) is 20.6. The first-order valence-corrected chi connectivity index (χ1v) is 13.3. The Morgan fingerprint density at radius 2 is 1.91 bits per heavy atom. The van der Waals surface area contributed by atoms with E-state index in [1.165, 1.54) is 28.4 Å². The summed E-state index contributed by atoms with van der Waals surface area (Å²) >= 11 is 7.53. The molecule has 0 aliphatic rings. The van der Waals surface area contributed by atoms with E-state index >= 15 is 0 Å². The van der Waals surface area contributed by atoms with Crippen molar-refractivity contribution in [2.75, 3.05) is 10.7 Å². The lowest BCUT2D eigenvalue weighted by Crippen LogP contribution is -2.30. The van der Waals surface area contributed by atoms with Gasteiger partial charge in [0.2, 0.25) is 5.91 Å². The van der Waals surface area contributed by atoms with E-state index in [9.17, 15) is 17.6 Å². The monoisotopic (exact) mass is 517 g/mol. The number of carbonyl (C=O) groups excluding carboxylic acids is 1. The lowest BCUT2D eigenvalue weighted by Gasteiger charge is -2.19. The number of amides is 1. The summed E-state index contributed by atoms with van der Waals surface area (Å²) in [6, 6.07) is 13.7. The topological polar surface area (TPSA) is 80.2 Å². The van der Waals surface area contributed by atoms with Crippen LogP contribution in [-0.2, 0) is 21.2 Å². The lowest BCUT2D eigenvalue weighted by atomic mass is 10.2. The van der Waals surface area contributed by atoms with Gasteiger partial charge >= 0.3 is 0 Å². The van der Waals surface area contributed by atoms with Crippen molar-refractivity contribution >= 4 is 54.0 Å². The summed E-state index contributed by atoms with van der Waals surface area (Å²) in [4.78, 5) is 23.8. The number of carbonyl (C=O) groups is 1. The number of anilines is 1. The van der Waals surface area contributed by atoms with Crippen LogP contribution in [-0.4, -0.2) is 30.0 Å². The normalized spacial score (nSPS) is 11.6. The lowest BCUT2D eigenvalue weighted by molar-refractivity contribution is -0.118. The summed E-state index contributed by atoms with van der Waals surface area (Å²) in [6.45, 7) is 2.11.